The van der Waals surface area contributed by atoms with E-state index < -0.39 is 11.8 Å². The maximum Gasteiger partial charge on any atom is 0.159 e. The fourth-order valence-corrected chi connectivity index (χ4v) is 3.46. The average Bonchev–Trinajstić information content (AvgIpc) is 2.77. The third kappa shape index (κ3) is 5.06. The predicted molar refractivity (Wildman–Crippen MR) is 116 cm³/mol. The van der Waals surface area contributed by atoms with Crippen LogP contribution in [0.2, 0.25) is 0 Å². The Morgan fingerprint density at radius 3 is 2.73 bits per heavy atom. The van der Waals surface area contributed by atoms with Gasteiger partial charge in [0.25, 0.3) is 0 Å². The van der Waals surface area contributed by atoms with Crippen molar-refractivity contribution in [3.8, 4) is 17.1 Å². The first-order valence-corrected chi connectivity index (χ1v) is 10.1. The highest BCUT2D eigenvalue weighted by atomic mass is 16.5. The lowest BCUT2D eigenvalue weighted by atomic mass is 9.96. The monoisotopic (exact) mass is 409 g/mol. The molecule has 1 fully saturated rings. The highest BCUT2D eigenvalue weighted by Crippen LogP contribution is 2.22. The molecule has 9 nitrogen and oxygen atoms in total. The van der Waals surface area contributed by atoms with Crippen LogP contribution in [0.25, 0.3) is 11.4 Å². The van der Waals surface area contributed by atoms with Crippen LogP contribution < -0.4 is 16.2 Å². The Kier molecular flexibility index (Phi) is 6.44. The van der Waals surface area contributed by atoms with Gasteiger partial charge in [0.15, 0.2) is 11.6 Å². The van der Waals surface area contributed by atoms with Crippen molar-refractivity contribution in [1.29, 1.82) is 0 Å². The normalized spacial score (nSPS) is 24.1. The molecule has 0 amide bonds. The van der Waals surface area contributed by atoms with E-state index in [2.05, 4.69) is 24.9 Å². The van der Waals surface area contributed by atoms with E-state index in [1.54, 1.807) is 24.8 Å². The van der Waals surface area contributed by atoms with Crippen molar-refractivity contribution in [2.45, 2.75) is 18.2 Å². The Hall–Kier alpha value is -2.72. The molecule has 2 atom stereocenters. The number of rotatable bonds is 7. The summed E-state index contributed by atoms with van der Waals surface area (Å²) in [7, 11) is 0. The van der Waals surface area contributed by atoms with Crippen LogP contribution >= 0.6 is 0 Å². The summed E-state index contributed by atoms with van der Waals surface area (Å²) in [5, 5.41) is 0. The lowest BCUT2D eigenvalue weighted by molar-refractivity contribution is 0.0322. The van der Waals surface area contributed by atoms with E-state index in [4.69, 9.17) is 20.9 Å². The van der Waals surface area contributed by atoms with Crippen molar-refractivity contribution >= 4 is 12.4 Å². The topological polar surface area (TPSA) is 124 Å². The fourth-order valence-electron chi connectivity index (χ4n) is 3.46. The summed E-state index contributed by atoms with van der Waals surface area (Å²) in [6.07, 6.45) is 6.47. The fraction of sp³-hybridized carbons (Fsp3) is 0.429. The lowest BCUT2D eigenvalue weighted by Crippen LogP contribution is -2.55. The number of aromatic nitrogens is 2. The summed E-state index contributed by atoms with van der Waals surface area (Å²) >= 11 is 0. The van der Waals surface area contributed by atoms with Gasteiger partial charge in [0.2, 0.25) is 0 Å². The molecule has 1 saturated heterocycles. The molecule has 4 rings (SSSR count). The second-order valence-corrected chi connectivity index (χ2v) is 7.43. The summed E-state index contributed by atoms with van der Waals surface area (Å²) in [6.45, 7) is 4.92. The minimum atomic E-state index is -0.952. The van der Waals surface area contributed by atoms with Crippen LogP contribution in [0.15, 0.2) is 46.6 Å². The summed E-state index contributed by atoms with van der Waals surface area (Å²) in [5.74, 6) is 1.28. The van der Waals surface area contributed by atoms with Crippen LogP contribution in [0.3, 0.4) is 0 Å². The first-order chi connectivity index (χ1) is 14.6. The maximum absolute atomic E-state index is 6.35. The van der Waals surface area contributed by atoms with Gasteiger partial charge in [0, 0.05) is 44.0 Å². The van der Waals surface area contributed by atoms with Gasteiger partial charge in [-0.2, -0.15) is 0 Å². The van der Waals surface area contributed by atoms with E-state index in [0.717, 1.165) is 44.0 Å². The van der Waals surface area contributed by atoms with Gasteiger partial charge in [0.05, 0.1) is 25.6 Å². The van der Waals surface area contributed by atoms with E-state index in [1.165, 1.54) is 0 Å². The van der Waals surface area contributed by atoms with Crippen LogP contribution in [0.5, 0.6) is 5.75 Å². The second-order valence-electron chi connectivity index (χ2n) is 7.43. The number of benzene rings is 1. The van der Waals surface area contributed by atoms with E-state index in [1.807, 2.05) is 24.3 Å². The third-order valence-corrected chi connectivity index (χ3v) is 5.22. The Labute approximate surface area is 175 Å². The van der Waals surface area contributed by atoms with E-state index in [-0.39, 0.29) is 0 Å². The molecule has 2 aromatic rings. The van der Waals surface area contributed by atoms with E-state index >= 15 is 0 Å². The minimum absolute atomic E-state index is 0.471. The van der Waals surface area contributed by atoms with Gasteiger partial charge in [-0.15, -0.1) is 0 Å². The second kappa shape index (κ2) is 9.40. The number of ether oxygens (including phenoxy) is 2. The largest absolute Gasteiger partial charge is 0.489 e. The minimum Gasteiger partial charge on any atom is -0.489 e. The molecule has 0 aliphatic carbocycles. The molecule has 0 saturated carbocycles. The first-order valence-electron chi connectivity index (χ1n) is 10.1. The molecule has 0 spiro atoms. The zero-order valence-electron chi connectivity index (χ0n) is 16.9. The van der Waals surface area contributed by atoms with Crippen molar-refractivity contribution in [2.24, 2.45) is 21.5 Å². The third-order valence-electron chi connectivity index (χ3n) is 5.22. The number of morpholine rings is 1. The molecule has 4 N–H and O–H groups in total. The summed E-state index contributed by atoms with van der Waals surface area (Å²) in [4.78, 5) is 19.7. The van der Waals surface area contributed by atoms with Crippen molar-refractivity contribution in [3.63, 3.8) is 0 Å². The van der Waals surface area contributed by atoms with Gasteiger partial charge in [-0.05, 0) is 11.6 Å². The molecule has 0 radical (unpaired) electrons. The summed E-state index contributed by atoms with van der Waals surface area (Å²) in [5.41, 5.74) is 13.3. The molecule has 30 heavy (non-hydrogen) atoms. The molecular formula is C21H27N7O2. The van der Waals surface area contributed by atoms with E-state index in [0.29, 0.717) is 24.6 Å². The molecule has 3 heterocycles. The van der Waals surface area contributed by atoms with Gasteiger partial charge in [-0.3, -0.25) is 14.9 Å². The molecule has 9 heteroatoms. The number of nitrogens with two attached hydrogens (primary N) is 2. The van der Waals surface area contributed by atoms with Crippen molar-refractivity contribution in [1.82, 2.24) is 14.9 Å². The number of nitrogens with zero attached hydrogens (tertiary/aromatic N) is 5. The number of hydrogen-bond acceptors (Lipinski definition) is 9. The highest BCUT2D eigenvalue weighted by Gasteiger charge is 2.32. The van der Waals surface area contributed by atoms with Crippen LogP contribution in [-0.2, 0) is 11.2 Å². The van der Waals surface area contributed by atoms with Gasteiger partial charge in [-0.1, -0.05) is 18.2 Å². The van der Waals surface area contributed by atoms with Crippen LogP contribution in [0, 0.1) is 0 Å². The van der Waals surface area contributed by atoms with E-state index in [9.17, 15) is 0 Å². The zero-order chi connectivity index (χ0) is 20.8. The molecule has 1 aromatic carbocycles. The average molecular weight is 409 g/mol. The van der Waals surface area contributed by atoms with Crippen LogP contribution in [-0.4, -0.2) is 78.6 Å². The molecule has 2 aliphatic rings. The first kappa shape index (κ1) is 20.5. The Balaban J connectivity index is 1.36. The van der Waals surface area contributed by atoms with Crippen molar-refractivity contribution in [3.05, 3.63) is 42.2 Å². The zero-order valence-corrected chi connectivity index (χ0v) is 16.9. The Bertz CT molecular complexity index is 896. The highest BCUT2D eigenvalue weighted by molar-refractivity contribution is 6.16. The SMILES string of the molecule is NC1N=CC=NC1(N)Cc1cccc(-c2ncc(OCCN3CCOCC3)cn2)c1. The lowest BCUT2D eigenvalue weighted by Gasteiger charge is -2.30. The maximum atomic E-state index is 6.35. The molecular weight excluding hydrogens is 382 g/mol. The summed E-state index contributed by atoms with van der Waals surface area (Å²) < 4.78 is 11.1. The summed E-state index contributed by atoms with van der Waals surface area (Å²) in [6, 6.07) is 7.90. The molecule has 2 unspecified atom stereocenters. The molecule has 1 aromatic heterocycles. The van der Waals surface area contributed by atoms with Gasteiger partial charge in [-0.25, -0.2) is 9.97 Å². The van der Waals surface area contributed by atoms with Crippen molar-refractivity contribution in [2.75, 3.05) is 39.5 Å². The van der Waals surface area contributed by atoms with Crippen LogP contribution in [0.4, 0.5) is 0 Å². The van der Waals surface area contributed by atoms with Crippen molar-refractivity contribution < 1.29 is 9.47 Å². The molecule has 2 aliphatic heterocycles. The molecule has 158 valence electrons. The van der Waals surface area contributed by atoms with Gasteiger partial charge in [0.1, 0.15) is 18.4 Å². The molecule has 0 bridgehead atoms. The predicted octanol–water partition coefficient (Wildman–Crippen LogP) is 0.492. The Morgan fingerprint density at radius 2 is 1.97 bits per heavy atom. The smallest absolute Gasteiger partial charge is 0.159 e. The number of aliphatic imine (C=N–C) groups is 2. The number of hydrogen-bond donors (Lipinski definition) is 2. The van der Waals surface area contributed by atoms with Gasteiger partial charge >= 0.3 is 0 Å². The standard InChI is InChI=1S/C21H27N7O2/c22-20-21(23,27-5-4-24-20)13-16-2-1-3-17(12-16)19-25-14-18(15-26-19)30-11-8-28-6-9-29-10-7-28/h1-5,12,14-15,20H,6-11,13,22-23H2. The van der Waals surface area contributed by atoms with Gasteiger partial charge < -0.3 is 20.9 Å². The Morgan fingerprint density at radius 1 is 1.17 bits per heavy atom. The quantitative estimate of drug-likeness (QED) is 0.682. The van der Waals surface area contributed by atoms with Crippen LogP contribution in [0.1, 0.15) is 5.56 Å².